The number of carbonyl (C=O) groups is 1. The number of ether oxygens (including phenoxy) is 1. The zero-order valence-electron chi connectivity index (χ0n) is 18.9. The molecule has 0 unspecified atom stereocenters. The summed E-state index contributed by atoms with van der Waals surface area (Å²) < 4.78 is 46.1. The Morgan fingerprint density at radius 3 is 2.69 bits per heavy atom. The molecule has 0 radical (unpaired) electrons. The summed E-state index contributed by atoms with van der Waals surface area (Å²) in [5, 5.41) is 1.10. The van der Waals surface area contributed by atoms with Crippen LogP contribution in [-0.2, 0) is 12.6 Å². The molecule has 1 aliphatic heterocycles. The van der Waals surface area contributed by atoms with E-state index in [1.165, 1.54) is 12.1 Å². The van der Waals surface area contributed by atoms with Crippen molar-refractivity contribution in [1.82, 2.24) is 14.9 Å². The van der Waals surface area contributed by atoms with Crippen molar-refractivity contribution in [3.8, 4) is 5.75 Å². The predicted octanol–water partition coefficient (Wildman–Crippen LogP) is 6.34. The monoisotopic (exact) mass is 499 g/mol. The van der Waals surface area contributed by atoms with Crippen molar-refractivity contribution in [1.29, 1.82) is 0 Å². The smallest absolute Gasteiger partial charge is 0.416 e. The quantitative estimate of drug-likeness (QED) is 0.335. The summed E-state index contributed by atoms with van der Waals surface area (Å²) in [4.78, 5) is 22.7. The highest BCUT2D eigenvalue weighted by molar-refractivity contribution is 6.29. The summed E-state index contributed by atoms with van der Waals surface area (Å²) >= 11 is 6.10. The van der Waals surface area contributed by atoms with Crippen molar-refractivity contribution in [3.63, 3.8) is 0 Å². The van der Waals surface area contributed by atoms with Crippen molar-refractivity contribution in [3.05, 3.63) is 93.4 Å². The van der Waals surface area contributed by atoms with E-state index >= 15 is 0 Å². The van der Waals surface area contributed by atoms with Crippen LogP contribution >= 0.6 is 11.6 Å². The molecule has 0 saturated heterocycles. The minimum atomic E-state index is -4.51. The van der Waals surface area contributed by atoms with Crippen molar-refractivity contribution >= 4 is 28.4 Å². The first-order valence-electron chi connectivity index (χ1n) is 11.0. The highest BCUT2D eigenvalue weighted by atomic mass is 35.5. The van der Waals surface area contributed by atoms with Crippen LogP contribution in [0.1, 0.15) is 44.5 Å². The molecule has 35 heavy (non-hydrogen) atoms. The highest BCUT2D eigenvalue weighted by Crippen LogP contribution is 2.41. The van der Waals surface area contributed by atoms with Gasteiger partial charge in [-0.1, -0.05) is 23.7 Å². The minimum absolute atomic E-state index is 0.180. The number of halogens is 4. The molecule has 0 bridgehead atoms. The molecular formula is C26H21ClF3N3O2. The molecule has 180 valence electrons. The number of methoxy groups -OCH3 is 1. The van der Waals surface area contributed by atoms with Crippen LogP contribution in [0.15, 0.2) is 54.6 Å². The van der Waals surface area contributed by atoms with Gasteiger partial charge in [-0.2, -0.15) is 13.2 Å². The zero-order valence-corrected chi connectivity index (χ0v) is 19.7. The van der Waals surface area contributed by atoms with Crippen LogP contribution < -0.4 is 4.74 Å². The topological polar surface area (TPSA) is 58.2 Å². The van der Waals surface area contributed by atoms with Crippen LogP contribution in [0.25, 0.3) is 10.9 Å². The van der Waals surface area contributed by atoms with E-state index in [4.69, 9.17) is 16.3 Å². The number of rotatable bonds is 3. The number of carbonyl (C=O) groups excluding carboxylic acids is 1. The van der Waals surface area contributed by atoms with Crippen LogP contribution in [-0.4, -0.2) is 34.4 Å². The largest absolute Gasteiger partial charge is 0.497 e. The van der Waals surface area contributed by atoms with Crippen molar-refractivity contribution in [2.45, 2.75) is 25.6 Å². The van der Waals surface area contributed by atoms with Crippen LogP contribution in [0.5, 0.6) is 5.75 Å². The maximum Gasteiger partial charge on any atom is 0.416 e. The molecule has 2 aromatic carbocycles. The van der Waals surface area contributed by atoms with E-state index in [0.29, 0.717) is 41.2 Å². The fourth-order valence-corrected chi connectivity index (χ4v) is 5.01. The maximum absolute atomic E-state index is 13.7. The molecule has 1 amide bonds. The third-order valence-corrected chi connectivity index (χ3v) is 6.49. The van der Waals surface area contributed by atoms with Gasteiger partial charge in [0.25, 0.3) is 5.91 Å². The number of amides is 1. The first-order chi connectivity index (χ1) is 16.7. The van der Waals surface area contributed by atoms with Gasteiger partial charge in [0.05, 0.1) is 18.7 Å². The number of aromatic nitrogens is 2. The summed E-state index contributed by atoms with van der Waals surface area (Å²) in [6.07, 6.45) is -3.98. The van der Waals surface area contributed by atoms with Gasteiger partial charge in [-0.15, -0.1) is 0 Å². The van der Waals surface area contributed by atoms with E-state index < -0.39 is 17.8 Å². The van der Waals surface area contributed by atoms with E-state index in [1.54, 1.807) is 31.1 Å². The lowest BCUT2D eigenvalue weighted by Gasteiger charge is -2.36. The molecular weight excluding hydrogens is 479 g/mol. The second kappa shape index (κ2) is 8.61. The number of alkyl halides is 3. The lowest BCUT2D eigenvalue weighted by atomic mass is 9.91. The van der Waals surface area contributed by atoms with Gasteiger partial charge in [0.2, 0.25) is 0 Å². The number of aryl methyl sites for hydroxylation is 1. The third-order valence-electron chi connectivity index (χ3n) is 6.29. The number of hydrogen-bond donors (Lipinski definition) is 1. The van der Waals surface area contributed by atoms with Gasteiger partial charge < -0.3 is 14.6 Å². The van der Waals surface area contributed by atoms with Crippen molar-refractivity contribution in [2.24, 2.45) is 0 Å². The molecule has 0 spiro atoms. The Kier molecular flexibility index (Phi) is 5.71. The molecule has 0 saturated carbocycles. The Bertz CT molecular complexity index is 1430. The number of fused-ring (bicyclic) bond motifs is 3. The standard InChI is InChI=1S/C26H21ClF3N3O2/c1-14-10-16(12-22(27)31-14)25(34)33-9-8-19-20-13-18(35-2)6-7-21(20)32-23(19)24(33)15-4-3-5-17(11-15)26(28,29)30/h3-7,10-13,24,32H,8-9H2,1-2H3/t24-/m0/s1. The molecule has 5 nitrogen and oxygen atoms in total. The van der Waals surface area contributed by atoms with E-state index in [1.807, 2.05) is 18.2 Å². The first-order valence-corrected chi connectivity index (χ1v) is 11.3. The molecule has 5 rings (SSSR count). The molecule has 1 atom stereocenters. The van der Waals surface area contributed by atoms with Gasteiger partial charge in [-0.25, -0.2) is 4.98 Å². The average Bonchev–Trinajstić information content (AvgIpc) is 3.19. The summed E-state index contributed by atoms with van der Waals surface area (Å²) in [7, 11) is 1.58. The fourth-order valence-electron chi connectivity index (χ4n) is 4.76. The minimum Gasteiger partial charge on any atom is -0.497 e. The molecule has 9 heteroatoms. The highest BCUT2D eigenvalue weighted by Gasteiger charge is 2.37. The Morgan fingerprint density at radius 1 is 1.17 bits per heavy atom. The lowest BCUT2D eigenvalue weighted by molar-refractivity contribution is -0.137. The summed E-state index contributed by atoms with van der Waals surface area (Å²) in [6, 6.07) is 13.1. The zero-order chi connectivity index (χ0) is 24.9. The average molecular weight is 500 g/mol. The Morgan fingerprint density at radius 2 is 1.97 bits per heavy atom. The third kappa shape index (κ3) is 4.23. The summed E-state index contributed by atoms with van der Waals surface area (Å²) in [5.74, 6) is 0.344. The molecule has 4 aromatic rings. The van der Waals surface area contributed by atoms with Crippen LogP contribution in [0.3, 0.4) is 0 Å². The van der Waals surface area contributed by atoms with Gasteiger partial charge in [0.1, 0.15) is 10.9 Å². The normalized spacial score (nSPS) is 15.8. The molecule has 1 aliphatic rings. The fraction of sp³-hybridized carbons (Fsp3) is 0.231. The number of aromatic amines is 1. The second-order valence-electron chi connectivity index (χ2n) is 8.52. The van der Waals surface area contributed by atoms with Gasteiger partial charge >= 0.3 is 6.18 Å². The second-order valence-corrected chi connectivity index (χ2v) is 8.91. The van der Waals surface area contributed by atoms with Gasteiger partial charge in [-0.05, 0) is 66.9 Å². The van der Waals surface area contributed by atoms with Crippen LogP contribution in [0.2, 0.25) is 5.15 Å². The lowest BCUT2D eigenvalue weighted by Crippen LogP contribution is -2.40. The molecule has 3 heterocycles. The number of hydrogen-bond acceptors (Lipinski definition) is 3. The number of benzene rings is 2. The van der Waals surface area contributed by atoms with Crippen LogP contribution in [0, 0.1) is 6.92 Å². The summed E-state index contributed by atoms with van der Waals surface area (Å²) in [5.41, 5.74) is 2.97. The maximum atomic E-state index is 13.7. The Balaban J connectivity index is 1.69. The molecule has 0 aliphatic carbocycles. The molecule has 1 N–H and O–H groups in total. The molecule has 0 fully saturated rings. The number of pyridine rings is 1. The first kappa shape index (κ1) is 23.2. The van der Waals surface area contributed by atoms with Crippen LogP contribution in [0.4, 0.5) is 13.2 Å². The number of nitrogens with zero attached hydrogens (tertiary/aromatic N) is 2. The van der Waals surface area contributed by atoms with Gasteiger partial charge in [0, 0.05) is 34.4 Å². The van der Waals surface area contributed by atoms with E-state index in [0.717, 1.165) is 28.6 Å². The number of nitrogens with one attached hydrogen (secondary N) is 1. The Hall–Kier alpha value is -3.52. The number of H-pyrrole nitrogens is 1. The van der Waals surface area contributed by atoms with Crippen molar-refractivity contribution < 1.29 is 22.7 Å². The molecule has 2 aromatic heterocycles. The van der Waals surface area contributed by atoms with E-state index in [2.05, 4.69) is 9.97 Å². The van der Waals surface area contributed by atoms with Crippen molar-refractivity contribution in [2.75, 3.05) is 13.7 Å². The Labute approximate surface area is 204 Å². The van der Waals surface area contributed by atoms with E-state index in [9.17, 15) is 18.0 Å². The SMILES string of the molecule is COc1ccc2[nH]c3c(c2c1)CCN(C(=O)c1cc(C)nc(Cl)c1)[C@H]3c1cccc(C(F)(F)F)c1. The predicted molar refractivity (Wildman–Crippen MR) is 127 cm³/mol. The summed E-state index contributed by atoms with van der Waals surface area (Å²) in [6.45, 7) is 2.04. The van der Waals surface area contributed by atoms with E-state index in [-0.39, 0.29) is 11.1 Å². The van der Waals surface area contributed by atoms with Gasteiger partial charge in [0.15, 0.2) is 0 Å². The van der Waals surface area contributed by atoms with Gasteiger partial charge in [-0.3, -0.25) is 4.79 Å².